The molecule has 1 unspecified atom stereocenters. The lowest BCUT2D eigenvalue weighted by molar-refractivity contribution is 0.0937. The van der Waals surface area contributed by atoms with Crippen LogP contribution in [0.3, 0.4) is 0 Å². The van der Waals surface area contributed by atoms with Gasteiger partial charge in [0.2, 0.25) is 0 Å². The monoisotopic (exact) mass is 461 g/mol. The van der Waals surface area contributed by atoms with Crippen LogP contribution in [0.25, 0.3) is 0 Å². The number of carbonyl (C=O) groups is 2. The number of aromatic nitrogens is 3. The molecule has 4 rings (SSSR count). The summed E-state index contributed by atoms with van der Waals surface area (Å²) in [5.74, 6) is 0.520. The van der Waals surface area contributed by atoms with Crippen molar-refractivity contribution < 1.29 is 14.3 Å². The van der Waals surface area contributed by atoms with Crippen molar-refractivity contribution in [2.24, 2.45) is 0 Å². The van der Waals surface area contributed by atoms with Gasteiger partial charge in [-0.05, 0) is 43.2 Å². The highest BCUT2D eigenvalue weighted by Gasteiger charge is 2.24. The zero-order valence-corrected chi connectivity index (χ0v) is 19.1. The van der Waals surface area contributed by atoms with Crippen LogP contribution in [0, 0.1) is 6.92 Å². The Labute approximate surface area is 197 Å². The van der Waals surface area contributed by atoms with Gasteiger partial charge in [-0.3, -0.25) is 25.0 Å². The van der Waals surface area contributed by atoms with Gasteiger partial charge < -0.3 is 15.4 Å². The number of carbonyl (C=O) groups excluding carboxylic acids is 2. The molecule has 34 heavy (non-hydrogen) atoms. The maximum Gasteiger partial charge on any atom is 0.324 e. The van der Waals surface area contributed by atoms with Crippen molar-refractivity contribution in [1.29, 1.82) is 0 Å². The number of nitrogens with one attached hydrogen (secondary N) is 3. The van der Waals surface area contributed by atoms with Gasteiger partial charge in [0.15, 0.2) is 5.82 Å². The first-order chi connectivity index (χ1) is 16.5. The van der Waals surface area contributed by atoms with E-state index in [0.29, 0.717) is 22.8 Å². The molecule has 10 heteroatoms. The molecule has 0 saturated carbocycles. The highest BCUT2D eigenvalue weighted by molar-refractivity contribution is 6.01. The Bertz CT molecular complexity index is 1140. The third-order valence-corrected chi connectivity index (χ3v) is 5.47. The fraction of sp³-hybridized carbons (Fsp3) is 0.292. The fourth-order valence-electron chi connectivity index (χ4n) is 3.78. The van der Waals surface area contributed by atoms with E-state index in [1.54, 1.807) is 30.6 Å². The standard InChI is InChI=1S/C24H27N7O3/c1-16-11-27-22(13-26-16)30-24(33)29-20-6-5-18(10-21(20)34-2)23(32)28-19-7-9-31(15-19)14-17-4-3-8-25-12-17/h3-6,8,10-13,19H,7,9,14-15H2,1-2H3,(H,28,32)(H2,27,29,30,33). The summed E-state index contributed by atoms with van der Waals surface area (Å²) in [5.41, 5.74) is 2.79. The number of benzene rings is 1. The van der Waals surface area contributed by atoms with Gasteiger partial charge in [0.05, 0.1) is 30.9 Å². The highest BCUT2D eigenvalue weighted by atomic mass is 16.5. The molecule has 3 amide bonds. The van der Waals surface area contributed by atoms with E-state index in [1.165, 1.54) is 13.3 Å². The number of aryl methyl sites for hydroxylation is 1. The van der Waals surface area contributed by atoms with Crippen LogP contribution in [-0.2, 0) is 6.54 Å². The topological polar surface area (TPSA) is 121 Å². The molecule has 1 aliphatic rings. The van der Waals surface area contributed by atoms with Crippen molar-refractivity contribution in [2.45, 2.75) is 25.9 Å². The van der Waals surface area contributed by atoms with Gasteiger partial charge in [0, 0.05) is 43.6 Å². The SMILES string of the molecule is COc1cc(C(=O)NC2CCN(Cc3cccnc3)C2)ccc1NC(=O)Nc1cnc(C)cn1. The summed E-state index contributed by atoms with van der Waals surface area (Å²) >= 11 is 0. The van der Waals surface area contributed by atoms with E-state index in [9.17, 15) is 9.59 Å². The smallest absolute Gasteiger partial charge is 0.324 e. The number of urea groups is 1. The van der Waals surface area contributed by atoms with E-state index < -0.39 is 6.03 Å². The number of likely N-dealkylation sites (tertiary alicyclic amines) is 1. The minimum atomic E-state index is -0.492. The average molecular weight is 462 g/mol. The van der Waals surface area contributed by atoms with Crippen LogP contribution in [0.5, 0.6) is 5.75 Å². The normalized spacial score (nSPS) is 15.5. The Kier molecular flexibility index (Phi) is 7.28. The molecule has 176 valence electrons. The van der Waals surface area contributed by atoms with Gasteiger partial charge in [-0.2, -0.15) is 0 Å². The molecule has 1 atom stereocenters. The Morgan fingerprint density at radius 1 is 1.15 bits per heavy atom. The molecule has 1 aliphatic heterocycles. The number of methoxy groups -OCH3 is 1. The molecule has 3 heterocycles. The first-order valence-electron chi connectivity index (χ1n) is 11.0. The molecule has 1 fully saturated rings. The second-order valence-electron chi connectivity index (χ2n) is 8.09. The number of rotatable bonds is 7. The largest absolute Gasteiger partial charge is 0.495 e. The van der Waals surface area contributed by atoms with E-state index in [0.717, 1.165) is 37.3 Å². The molecule has 0 aliphatic carbocycles. The molecule has 0 spiro atoms. The molecule has 3 aromatic rings. The minimum Gasteiger partial charge on any atom is -0.495 e. The van der Waals surface area contributed by atoms with Gasteiger partial charge in [-0.15, -0.1) is 0 Å². The van der Waals surface area contributed by atoms with Gasteiger partial charge in [-0.25, -0.2) is 9.78 Å². The molecule has 1 aromatic carbocycles. The molecule has 0 radical (unpaired) electrons. The number of ether oxygens (including phenoxy) is 1. The van der Waals surface area contributed by atoms with E-state index in [4.69, 9.17) is 4.74 Å². The van der Waals surface area contributed by atoms with Crippen molar-refractivity contribution in [3.8, 4) is 5.75 Å². The van der Waals surface area contributed by atoms with Gasteiger partial charge in [0.25, 0.3) is 5.91 Å². The molecule has 2 aromatic heterocycles. The van der Waals surface area contributed by atoms with Gasteiger partial charge in [0.1, 0.15) is 5.75 Å². The summed E-state index contributed by atoms with van der Waals surface area (Å²) in [5, 5.41) is 8.41. The Morgan fingerprint density at radius 3 is 2.76 bits per heavy atom. The summed E-state index contributed by atoms with van der Waals surface area (Å²) in [7, 11) is 1.48. The van der Waals surface area contributed by atoms with Crippen LogP contribution in [0.15, 0.2) is 55.1 Å². The third-order valence-electron chi connectivity index (χ3n) is 5.47. The van der Waals surface area contributed by atoms with Crippen molar-refractivity contribution >= 4 is 23.4 Å². The fourth-order valence-corrected chi connectivity index (χ4v) is 3.78. The van der Waals surface area contributed by atoms with Crippen LogP contribution in [0.4, 0.5) is 16.3 Å². The maximum absolute atomic E-state index is 12.8. The number of amides is 3. The predicted octanol–water partition coefficient (Wildman–Crippen LogP) is 2.84. The Balaban J connectivity index is 1.33. The summed E-state index contributed by atoms with van der Waals surface area (Å²) in [6.45, 7) is 4.31. The number of pyridine rings is 1. The second kappa shape index (κ2) is 10.7. The lowest BCUT2D eigenvalue weighted by Crippen LogP contribution is -2.37. The first-order valence-corrected chi connectivity index (χ1v) is 11.0. The van der Waals surface area contributed by atoms with Crippen LogP contribution >= 0.6 is 0 Å². The van der Waals surface area contributed by atoms with E-state index >= 15 is 0 Å². The van der Waals surface area contributed by atoms with Gasteiger partial charge in [-0.1, -0.05) is 6.07 Å². The van der Waals surface area contributed by atoms with Crippen molar-refractivity contribution in [3.63, 3.8) is 0 Å². The van der Waals surface area contributed by atoms with E-state index in [-0.39, 0.29) is 11.9 Å². The Morgan fingerprint density at radius 2 is 2.03 bits per heavy atom. The summed E-state index contributed by atoms with van der Waals surface area (Å²) in [6.07, 6.45) is 7.54. The molecular weight excluding hydrogens is 434 g/mol. The lowest BCUT2D eigenvalue weighted by Gasteiger charge is -2.17. The molecule has 1 saturated heterocycles. The van der Waals surface area contributed by atoms with E-state index in [2.05, 4.69) is 41.9 Å². The second-order valence-corrected chi connectivity index (χ2v) is 8.09. The predicted molar refractivity (Wildman–Crippen MR) is 128 cm³/mol. The van der Waals surface area contributed by atoms with Crippen molar-refractivity contribution in [1.82, 2.24) is 25.2 Å². The first kappa shape index (κ1) is 23.1. The zero-order valence-electron chi connectivity index (χ0n) is 19.1. The van der Waals surface area contributed by atoms with Crippen LogP contribution in [0.2, 0.25) is 0 Å². The average Bonchev–Trinajstić information content (AvgIpc) is 3.27. The third kappa shape index (κ3) is 6.04. The molecule has 10 nitrogen and oxygen atoms in total. The Hall–Kier alpha value is -4.05. The van der Waals surface area contributed by atoms with Crippen molar-refractivity contribution in [3.05, 3.63) is 71.9 Å². The molecular formula is C24H27N7O3. The van der Waals surface area contributed by atoms with Gasteiger partial charge >= 0.3 is 6.03 Å². The molecule has 0 bridgehead atoms. The highest BCUT2D eigenvalue weighted by Crippen LogP contribution is 2.26. The van der Waals surface area contributed by atoms with E-state index in [1.807, 2.05) is 19.2 Å². The number of anilines is 2. The molecule has 3 N–H and O–H groups in total. The van der Waals surface area contributed by atoms with Crippen molar-refractivity contribution in [2.75, 3.05) is 30.8 Å². The quantitative estimate of drug-likeness (QED) is 0.495. The zero-order chi connectivity index (χ0) is 23.9. The summed E-state index contributed by atoms with van der Waals surface area (Å²) in [6, 6.07) is 8.45. The van der Waals surface area contributed by atoms with Crippen LogP contribution in [-0.4, -0.2) is 58.0 Å². The lowest BCUT2D eigenvalue weighted by atomic mass is 10.1. The maximum atomic E-state index is 12.8. The van der Waals surface area contributed by atoms with Crippen LogP contribution < -0.4 is 20.7 Å². The number of hydrogen-bond donors (Lipinski definition) is 3. The number of nitrogens with zero attached hydrogens (tertiary/aromatic N) is 4. The van der Waals surface area contributed by atoms with Crippen LogP contribution in [0.1, 0.15) is 28.0 Å². The minimum absolute atomic E-state index is 0.0642. The number of hydrogen-bond acceptors (Lipinski definition) is 7. The summed E-state index contributed by atoms with van der Waals surface area (Å²) in [4.78, 5) is 39.8. The summed E-state index contributed by atoms with van der Waals surface area (Å²) < 4.78 is 5.39.